The van der Waals surface area contributed by atoms with Crippen LogP contribution in [0.4, 0.5) is 0 Å². The summed E-state index contributed by atoms with van der Waals surface area (Å²) in [5.74, 6) is 0.442. The summed E-state index contributed by atoms with van der Waals surface area (Å²) in [7, 11) is 0. The highest BCUT2D eigenvalue weighted by molar-refractivity contribution is 5.75. The van der Waals surface area contributed by atoms with E-state index in [-0.39, 0.29) is 12.0 Å². The number of benzene rings is 1. The van der Waals surface area contributed by atoms with Gasteiger partial charge in [0, 0.05) is 13.0 Å². The molecule has 1 atom stereocenters. The Morgan fingerprint density at radius 2 is 1.95 bits per heavy atom. The van der Waals surface area contributed by atoms with Crippen molar-refractivity contribution in [2.24, 2.45) is 5.92 Å². The summed E-state index contributed by atoms with van der Waals surface area (Å²) in [6, 6.07) is 10.2. The average Bonchev–Trinajstić information content (AvgIpc) is 3.00. The second kappa shape index (κ2) is 8.05. The molecule has 2 N–H and O–H groups in total. The van der Waals surface area contributed by atoms with Gasteiger partial charge in [-0.05, 0) is 37.2 Å². The summed E-state index contributed by atoms with van der Waals surface area (Å²) in [4.78, 5) is 11.7. The molecule has 2 rings (SSSR count). The van der Waals surface area contributed by atoms with Crippen LogP contribution in [0.25, 0.3) is 0 Å². The lowest BCUT2D eigenvalue weighted by molar-refractivity contribution is -0.121. The van der Waals surface area contributed by atoms with Crippen molar-refractivity contribution in [3.63, 3.8) is 0 Å². The van der Waals surface area contributed by atoms with E-state index < -0.39 is 0 Å². The zero-order valence-electron chi connectivity index (χ0n) is 12.1. The first-order valence-electron chi connectivity index (χ1n) is 7.74. The van der Waals surface area contributed by atoms with Gasteiger partial charge in [0.05, 0.1) is 6.10 Å². The molecule has 1 aliphatic rings. The van der Waals surface area contributed by atoms with E-state index in [4.69, 9.17) is 0 Å². The highest BCUT2D eigenvalue weighted by atomic mass is 16.3. The third-order valence-electron chi connectivity index (χ3n) is 4.16. The van der Waals surface area contributed by atoms with Gasteiger partial charge in [-0.2, -0.15) is 0 Å². The van der Waals surface area contributed by atoms with Crippen LogP contribution in [-0.2, 0) is 11.2 Å². The minimum Gasteiger partial charge on any atom is -0.391 e. The Hall–Kier alpha value is -1.35. The van der Waals surface area contributed by atoms with Crippen LogP contribution in [0.3, 0.4) is 0 Å². The molecule has 1 unspecified atom stereocenters. The van der Waals surface area contributed by atoms with Crippen molar-refractivity contribution < 1.29 is 9.90 Å². The first-order chi connectivity index (χ1) is 9.75. The Morgan fingerprint density at radius 1 is 1.25 bits per heavy atom. The van der Waals surface area contributed by atoms with E-state index in [2.05, 4.69) is 17.4 Å². The number of rotatable bonds is 7. The summed E-state index contributed by atoms with van der Waals surface area (Å²) in [6.07, 6.45) is 6.59. The fraction of sp³-hybridized carbons (Fsp3) is 0.588. The highest BCUT2D eigenvalue weighted by Crippen LogP contribution is 2.27. The van der Waals surface area contributed by atoms with Crippen LogP contribution in [0.15, 0.2) is 30.3 Å². The fourth-order valence-electron chi connectivity index (χ4n) is 2.91. The summed E-state index contributed by atoms with van der Waals surface area (Å²) in [5, 5.41) is 12.8. The van der Waals surface area contributed by atoms with Gasteiger partial charge in [-0.25, -0.2) is 0 Å². The molecule has 110 valence electrons. The SMILES string of the molecule is O=C(CCCc1ccccc1)NCC(O)C1CCCC1. The molecule has 1 saturated carbocycles. The third kappa shape index (κ3) is 4.97. The first kappa shape index (κ1) is 15.0. The van der Waals surface area contributed by atoms with Gasteiger partial charge in [-0.15, -0.1) is 0 Å². The van der Waals surface area contributed by atoms with E-state index in [1.807, 2.05) is 18.2 Å². The van der Waals surface area contributed by atoms with Crippen molar-refractivity contribution in [1.82, 2.24) is 5.32 Å². The number of aliphatic hydroxyl groups excluding tert-OH is 1. The quantitative estimate of drug-likeness (QED) is 0.804. The molecule has 0 bridgehead atoms. The third-order valence-corrected chi connectivity index (χ3v) is 4.16. The van der Waals surface area contributed by atoms with Crippen molar-refractivity contribution in [1.29, 1.82) is 0 Å². The number of carbonyl (C=O) groups is 1. The number of hydrogen-bond donors (Lipinski definition) is 2. The van der Waals surface area contributed by atoms with Crippen molar-refractivity contribution in [3.8, 4) is 0 Å². The van der Waals surface area contributed by atoms with Crippen molar-refractivity contribution in [2.75, 3.05) is 6.54 Å². The minimum absolute atomic E-state index is 0.0537. The predicted molar refractivity (Wildman–Crippen MR) is 80.4 cm³/mol. The van der Waals surface area contributed by atoms with E-state index in [1.165, 1.54) is 18.4 Å². The highest BCUT2D eigenvalue weighted by Gasteiger charge is 2.23. The molecule has 0 aliphatic heterocycles. The Morgan fingerprint density at radius 3 is 2.65 bits per heavy atom. The molecule has 1 fully saturated rings. The number of aliphatic hydroxyl groups is 1. The number of carbonyl (C=O) groups excluding carboxylic acids is 1. The number of amides is 1. The van der Waals surface area contributed by atoms with Gasteiger partial charge < -0.3 is 10.4 Å². The van der Waals surface area contributed by atoms with E-state index >= 15 is 0 Å². The van der Waals surface area contributed by atoms with Gasteiger partial charge in [0.2, 0.25) is 5.91 Å². The molecule has 1 amide bonds. The van der Waals surface area contributed by atoms with Gasteiger partial charge in [-0.3, -0.25) is 4.79 Å². The summed E-state index contributed by atoms with van der Waals surface area (Å²) in [6.45, 7) is 0.412. The molecule has 0 heterocycles. The van der Waals surface area contributed by atoms with Crippen LogP contribution in [0, 0.1) is 5.92 Å². The molecule has 0 radical (unpaired) electrons. The smallest absolute Gasteiger partial charge is 0.220 e. The summed E-state index contributed by atoms with van der Waals surface area (Å²) < 4.78 is 0. The van der Waals surface area contributed by atoms with E-state index in [9.17, 15) is 9.90 Å². The van der Waals surface area contributed by atoms with Gasteiger partial charge in [-0.1, -0.05) is 43.2 Å². The Kier molecular flexibility index (Phi) is 6.06. The monoisotopic (exact) mass is 275 g/mol. The zero-order chi connectivity index (χ0) is 14.2. The molecule has 3 nitrogen and oxygen atoms in total. The zero-order valence-corrected chi connectivity index (χ0v) is 12.1. The van der Waals surface area contributed by atoms with Gasteiger partial charge in [0.25, 0.3) is 0 Å². The minimum atomic E-state index is -0.365. The van der Waals surface area contributed by atoms with Gasteiger partial charge in [0.15, 0.2) is 0 Å². The standard InChI is InChI=1S/C17H25NO2/c19-16(15-10-4-5-11-15)13-18-17(20)12-6-9-14-7-2-1-3-8-14/h1-3,7-8,15-16,19H,4-6,9-13H2,(H,18,20). The van der Waals surface area contributed by atoms with Crippen molar-refractivity contribution in [3.05, 3.63) is 35.9 Å². The molecule has 1 aromatic carbocycles. The lowest BCUT2D eigenvalue weighted by Crippen LogP contribution is -2.35. The van der Waals surface area contributed by atoms with Crippen LogP contribution in [0.1, 0.15) is 44.1 Å². The van der Waals surface area contributed by atoms with Gasteiger partial charge >= 0.3 is 0 Å². The molecular formula is C17H25NO2. The van der Waals surface area contributed by atoms with Crippen LogP contribution in [-0.4, -0.2) is 23.7 Å². The Bertz CT molecular complexity index is 399. The van der Waals surface area contributed by atoms with Crippen molar-refractivity contribution in [2.45, 2.75) is 51.0 Å². The molecule has 1 aliphatic carbocycles. The van der Waals surface area contributed by atoms with E-state index in [0.29, 0.717) is 18.9 Å². The number of nitrogens with one attached hydrogen (secondary N) is 1. The maximum Gasteiger partial charge on any atom is 0.220 e. The molecular weight excluding hydrogens is 250 g/mol. The largest absolute Gasteiger partial charge is 0.391 e. The molecule has 20 heavy (non-hydrogen) atoms. The maximum atomic E-state index is 11.7. The average molecular weight is 275 g/mol. The van der Waals surface area contributed by atoms with Crippen LogP contribution in [0.2, 0.25) is 0 Å². The molecule has 0 aromatic heterocycles. The topological polar surface area (TPSA) is 49.3 Å². The normalized spacial score (nSPS) is 17.1. The van der Waals surface area contributed by atoms with Crippen molar-refractivity contribution >= 4 is 5.91 Å². The molecule has 1 aromatic rings. The lowest BCUT2D eigenvalue weighted by Gasteiger charge is -2.18. The summed E-state index contributed by atoms with van der Waals surface area (Å²) in [5.41, 5.74) is 1.27. The number of aryl methyl sites for hydroxylation is 1. The van der Waals surface area contributed by atoms with Gasteiger partial charge in [0.1, 0.15) is 0 Å². The Balaban J connectivity index is 1.58. The fourth-order valence-corrected chi connectivity index (χ4v) is 2.91. The predicted octanol–water partition coefficient (Wildman–Crippen LogP) is 2.68. The van der Waals surface area contributed by atoms with E-state index in [1.54, 1.807) is 0 Å². The second-order valence-corrected chi connectivity index (χ2v) is 5.76. The van der Waals surface area contributed by atoms with Crippen LogP contribution < -0.4 is 5.32 Å². The summed E-state index contributed by atoms with van der Waals surface area (Å²) >= 11 is 0. The Labute approximate surface area is 121 Å². The second-order valence-electron chi connectivity index (χ2n) is 5.76. The molecule has 3 heteroatoms. The first-order valence-corrected chi connectivity index (χ1v) is 7.74. The molecule has 0 saturated heterocycles. The molecule has 0 spiro atoms. The lowest BCUT2D eigenvalue weighted by atomic mass is 10.0. The number of hydrogen-bond acceptors (Lipinski definition) is 2. The van der Waals surface area contributed by atoms with Crippen LogP contribution >= 0.6 is 0 Å². The van der Waals surface area contributed by atoms with E-state index in [0.717, 1.165) is 25.7 Å². The maximum absolute atomic E-state index is 11.7. The van der Waals surface area contributed by atoms with Crippen LogP contribution in [0.5, 0.6) is 0 Å².